The van der Waals surface area contributed by atoms with Gasteiger partial charge in [0, 0.05) is 30.3 Å². The van der Waals surface area contributed by atoms with E-state index < -0.39 is 0 Å². The van der Waals surface area contributed by atoms with E-state index in [1.54, 1.807) is 10.6 Å². The van der Waals surface area contributed by atoms with E-state index in [9.17, 15) is 9.59 Å². The standard InChI is InChI=1S/C14H20N2O2/c1-2-15-9-4-10-16-12-5-3-6-13(17)11(12)7-8-14(16)18/h7-8,15H,2-6,9-10H2,1H3. The molecule has 18 heavy (non-hydrogen) atoms. The average Bonchev–Trinajstić information content (AvgIpc) is 2.37. The SMILES string of the molecule is CCNCCCn1c2c(ccc1=O)C(=O)CCC2. The van der Waals surface area contributed by atoms with Gasteiger partial charge in [-0.2, -0.15) is 0 Å². The largest absolute Gasteiger partial charge is 0.317 e. The van der Waals surface area contributed by atoms with Crippen LogP contribution in [0.1, 0.15) is 42.2 Å². The van der Waals surface area contributed by atoms with Crippen molar-refractivity contribution < 1.29 is 4.79 Å². The van der Waals surface area contributed by atoms with Crippen molar-refractivity contribution in [3.8, 4) is 0 Å². The molecule has 98 valence electrons. The highest BCUT2D eigenvalue weighted by molar-refractivity contribution is 5.97. The number of hydrogen-bond donors (Lipinski definition) is 1. The second-order valence-corrected chi connectivity index (χ2v) is 4.67. The minimum absolute atomic E-state index is 0.0138. The molecule has 1 heterocycles. The van der Waals surface area contributed by atoms with Gasteiger partial charge < -0.3 is 9.88 Å². The number of ketones is 1. The fourth-order valence-electron chi connectivity index (χ4n) is 2.48. The summed E-state index contributed by atoms with van der Waals surface area (Å²) >= 11 is 0. The Morgan fingerprint density at radius 3 is 2.89 bits per heavy atom. The van der Waals surface area contributed by atoms with Gasteiger partial charge in [0.2, 0.25) is 0 Å². The van der Waals surface area contributed by atoms with Crippen molar-refractivity contribution in [1.82, 2.24) is 9.88 Å². The molecule has 0 bridgehead atoms. The zero-order valence-corrected chi connectivity index (χ0v) is 10.9. The lowest BCUT2D eigenvalue weighted by atomic mass is 9.94. The van der Waals surface area contributed by atoms with E-state index >= 15 is 0 Å². The number of Topliss-reactive ketones (excluding diaryl/α,β-unsaturated/α-hetero) is 1. The third-order valence-corrected chi connectivity index (χ3v) is 3.40. The summed E-state index contributed by atoms with van der Waals surface area (Å²) in [5.74, 6) is 0.177. The molecule has 4 nitrogen and oxygen atoms in total. The average molecular weight is 248 g/mol. The lowest BCUT2D eigenvalue weighted by Gasteiger charge is -2.19. The molecular weight excluding hydrogens is 228 g/mol. The Balaban J connectivity index is 2.20. The van der Waals surface area contributed by atoms with Crippen LogP contribution in [0.25, 0.3) is 0 Å². The fraction of sp³-hybridized carbons (Fsp3) is 0.571. The molecule has 0 saturated carbocycles. The quantitative estimate of drug-likeness (QED) is 0.801. The Bertz CT molecular complexity index is 491. The number of hydrogen-bond acceptors (Lipinski definition) is 3. The summed E-state index contributed by atoms with van der Waals surface area (Å²) in [5, 5.41) is 3.24. The molecule has 1 aliphatic rings. The predicted octanol–water partition coefficient (Wildman–Crippen LogP) is 1.37. The van der Waals surface area contributed by atoms with Crippen LogP contribution in [-0.4, -0.2) is 23.4 Å². The Morgan fingerprint density at radius 2 is 2.11 bits per heavy atom. The monoisotopic (exact) mass is 248 g/mol. The van der Waals surface area contributed by atoms with Crippen LogP contribution in [0.5, 0.6) is 0 Å². The molecule has 0 aromatic carbocycles. The second-order valence-electron chi connectivity index (χ2n) is 4.67. The summed E-state index contributed by atoms with van der Waals surface area (Å²) in [4.78, 5) is 23.7. The van der Waals surface area contributed by atoms with E-state index in [-0.39, 0.29) is 11.3 Å². The van der Waals surface area contributed by atoms with Crippen molar-refractivity contribution in [3.63, 3.8) is 0 Å². The van der Waals surface area contributed by atoms with Crippen LogP contribution < -0.4 is 10.9 Å². The van der Waals surface area contributed by atoms with Gasteiger partial charge in [0.1, 0.15) is 0 Å². The Hall–Kier alpha value is -1.42. The molecule has 0 saturated heterocycles. The van der Waals surface area contributed by atoms with Crippen LogP contribution in [0.4, 0.5) is 0 Å². The fourth-order valence-corrected chi connectivity index (χ4v) is 2.48. The number of pyridine rings is 1. The first-order valence-corrected chi connectivity index (χ1v) is 6.70. The van der Waals surface area contributed by atoms with Gasteiger partial charge in [-0.05, 0) is 38.4 Å². The highest BCUT2D eigenvalue weighted by Crippen LogP contribution is 2.19. The number of nitrogens with one attached hydrogen (secondary N) is 1. The zero-order valence-electron chi connectivity index (χ0n) is 10.9. The second kappa shape index (κ2) is 5.96. The smallest absolute Gasteiger partial charge is 0.250 e. The molecule has 1 aromatic rings. The molecule has 0 amide bonds. The van der Waals surface area contributed by atoms with Gasteiger partial charge in [-0.15, -0.1) is 0 Å². The molecule has 0 atom stereocenters. The molecule has 4 heteroatoms. The van der Waals surface area contributed by atoms with Gasteiger partial charge in [0.05, 0.1) is 0 Å². The van der Waals surface area contributed by atoms with Gasteiger partial charge in [0.15, 0.2) is 5.78 Å². The number of carbonyl (C=O) groups is 1. The van der Waals surface area contributed by atoms with E-state index in [4.69, 9.17) is 0 Å². The lowest BCUT2D eigenvalue weighted by Crippen LogP contribution is -2.29. The molecule has 1 aliphatic carbocycles. The summed E-state index contributed by atoms with van der Waals surface area (Å²) in [6, 6.07) is 3.22. The number of nitrogens with zero attached hydrogens (tertiary/aromatic N) is 1. The third-order valence-electron chi connectivity index (χ3n) is 3.40. The molecule has 0 aliphatic heterocycles. The summed E-state index contributed by atoms with van der Waals surface area (Å²) in [6.07, 6.45) is 3.24. The van der Waals surface area contributed by atoms with Crippen molar-refractivity contribution in [3.05, 3.63) is 33.7 Å². The maximum atomic E-state index is 11.9. The maximum absolute atomic E-state index is 11.9. The normalized spacial score (nSPS) is 14.6. The number of fused-ring (bicyclic) bond motifs is 1. The number of carbonyl (C=O) groups excluding carboxylic acids is 1. The zero-order chi connectivity index (χ0) is 13.0. The maximum Gasteiger partial charge on any atom is 0.250 e. The molecular formula is C14H20N2O2. The van der Waals surface area contributed by atoms with Crippen LogP contribution in [-0.2, 0) is 13.0 Å². The van der Waals surface area contributed by atoms with Gasteiger partial charge in [-0.1, -0.05) is 6.92 Å². The van der Waals surface area contributed by atoms with Crippen LogP contribution in [0.2, 0.25) is 0 Å². The Kier molecular flexibility index (Phi) is 4.31. The minimum atomic E-state index is 0.0138. The highest BCUT2D eigenvalue weighted by atomic mass is 16.1. The first-order chi connectivity index (χ1) is 8.74. The number of rotatable bonds is 5. The topological polar surface area (TPSA) is 51.1 Å². The molecule has 1 aromatic heterocycles. The Morgan fingerprint density at radius 1 is 1.28 bits per heavy atom. The molecule has 0 spiro atoms. The van der Waals surface area contributed by atoms with Gasteiger partial charge in [-0.3, -0.25) is 9.59 Å². The molecule has 1 N–H and O–H groups in total. The molecule has 0 unspecified atom stereocenters. The summed E-state index contributed by atoms with van der Waals surface area (Å²) in [7, 11) is 0. The van der Waals surface area contributed by atoms with Crippen LogP contribution in [0.15, 0.2) is 16.9 Å². The highest BCUT2D eigenvalue weighted by Gasteiger charge is 2.20. The minimum Gasteiger partial charge on any atom is -0.317 e. The van der Waals surface area contributed by atoms with Crippen molar-refractivity contribution in [2.75, 3.05) is 13.1 Å². The first kappa shape index (κ1) is 13.0. The first-order valence-electron chi connectivity index (χ1n) is 6.70. The third kappa shape index (κ3) is 2.70. The Labute approximate surface area is 107 Å². The lowest BCUT2D eigenvalue weighted by molar-refractivity contribution is 0.0970. The van der Waals surface area contributed by atoms with Gasteiger partial charge in [-0.25, -0.2) is 0 Å². The molecule has 0 fully saturated rings. The van der Waals surface area contributed by atoms with Gasteiger partial charge in [0.25, 0.3) is 5.56 Å². The van der Waals surface area contributed by atoms with E-state index in [2.05, 4.69) is 12.2 Å². The summed E-state index contributed by atoms with van der Waals surface area (Å²) in [5.41, 5.74) is 1.71. The summed E-state index contributed by atoms with van der Waals surface area (Å²) in [6.45, 7) is 4.61. The molecule has 0 radical (unpaired) electrons. The van der Waals surface area contributed by atoms with E-state index in [0.29, 0.717) is 13.0 Å². The van der Waals surface area contributed by atoms with Crippen molar-refractivity contribution in [1.29, 1.82) is 0 Å². The molecule has 2 rings (SSSR count). The van der Waals surface area contributed by atoms with Crippen LogP contribution >= 0.6 is 0 Å². The van der Waals surface area contributed by atoms with Crippen LogP contribution in [0, 0.1) is 0 Å². The van der Waals surface area contributed by atoms with E-state index in [0.717, 1.165) is 43.6 Å². The van der Waals surface area contributed by atoms with Crippen molar-refractivity contribution in [2.45, 2.75) is 39.2 Å². The predicted molar refractivity (Wildman–Crippen MR) is 71.1 cm³/mol. The van der Waals surface area contributed by atoms with Crippen molar-refractivity contribution in [2.24, 2.45) is 0 Å². The summed E-state index contributed by atoms with van der Waals surface area (Å²) < 4.78 is 1.78. The van der Waals surface area contributed by atoms with Gasteiger partial charge >= 0.3 is 0 Å². The number of aromatic nitrogens is 1. The van der Waals surface area contributed by atoms with Crippen molar-refractivity contribution >= 4 is 5.78 Å². The van der Waals surface area contributed by atoms with E-state index in [1.165, 1.54) is 6.07 Å². The van der Waals surface area contributed by atoms with Crippen LogP contribution in [0.3, 0.4) is 0 Å². The van der Waals surface area contributed by atoms with E-state index in [1.807, 2.05) is 0 Å².